The van der Waals surface area contributed by atoms with Crippen LogP contribution in [0.4, 0.5) is 0 Å². The third-order valence-electron chi connectivity index (χ3n) is 1.41. The lowest BCUT2D eigenvalue weighted by molar-refractivity contribution is 0.0418. The van der Waals surface area contributed by atoms with Gasteiger partial charge in [0, 0.05) is 5.56 Å². The number of benzene rings is 1. The van der Waals surface area contributed by atoms with Gasteiger partial charge in [0.2, 0.25) is 0 Å². The van der Waals surface area contributed by atoms with Crippen LogP contribution in [0.5, 0.6) is 5.75 Å². The molecule has 10 heavy (non-hydrogen) atoms. The van der Waals surface area contributed by atoms with Gasteiger partial charge >= 0.3 is 0 Å². The van der Waals surface area contributed by atoms with Crippen molar-refractivity contribution >= 4 is 0 Å². The predicted octanol–water partition coefficient (Wildman–Crippen LogP) is 1.56. The summed E-state index contributed by atoms with van der Waals surface area (Å²) in [6, 6.07) is 7.77. The van der Waals surface area contributed by atoms with Crippen LogP contribution in [0, 0.1) is 6.61 Å². The number of hydrogen-bond donors (Lipinski definition) is 0. The van der Waals surface area contributed by atoms with Crippen LogP contribution < -0.4 is 4.74 Å². The van der Waals surface area contributed by atoms with Gasteiger partial charge in [-0.25, -0.2) is 0 Å². The monoisotopic (exact) mass is 135 g/mol. The molecule has 1 aliphatic heterocycles. The van der Waals surface area contributed by atoms with E-state index in [1.54, 1.807) is 6.61 Å². The molecule has 1 aromatic rings. The molecule has 1 aliphatic rings. The highest BCUT2D eigenvalue weighted by Gasteiger charge is 2.07. The summed E-state index contributed by atoms with van der Waals surface area (Å²) in [5, 5.41) is 0. The molecule has 51 valence electrons. The van der Waals surface area contributed by atoms with Gasteiger partial charge in [-0.1, -0.05) is 18.2 Å². The van der Waals surface area contributed by atoms with Crippen LogP contribution in [0.2, 0.25) is 0 Å². The van der Waals surface area contributed by atoms with E-state index in [0.29, 0.717) is 6.79 Å². The topological polar surface area (TPSA) is 18.5 Å². The Morgan fingerprint density at radius 2 is 2.10 bits per heavy atom. The molecule has 1 aromatic carbocycles. The Morgan fingerprint density at radius 1 is 1.20 bits per heavy atom. The van der Waals surface area contributed by atoms with Crippen LogP contribution in [0.1, 0.15) is 5.56 Å². The first-order chi connectivity index (χ1) is 4.97. The molecule has 1 radical (unpaired) electrons. The van der Waals surface area contributed by atoms with Crippen LogP contribution >= 0.6 is 0 Å². The maximum atomic E-state index is 5.17. The molecular formula is C8H7O2. The zero-order valence-corrected chi connectivity index (χ0v) is 5.41. The van der Waals surface area contributed by atoms with Gasteiger partial charge in [0.1, 0.15) is 12.4 Å². The summed E-state index contributed by atoms with van der Waals surface area (Å²) in [6.07, 6.45) is 0. The SMILES string of the molecule is [CH]1OCOc2ccccc21. The summed E-state index contributed by atoms with van der Waals surface area (Å²) < 4.78 is 10.1. The predicted molar refractivity (Wildman–Crippen MR) is 36.4 cm³/mol. The molecule has 2 nitrogen and oxygen atoms in total. The minimum atomic E-state index is 0.330. The van der Waals surface area contributed by atoms with Crippen molar-refractivity contribution in [2.45, 2.75) is 0 Å². The minimum absolute atomic E-state index is 0.330. The fourth-order valence-corrected chi connectivity index (χ4v) is 0.931. The highest BCUT2D eigenvalue weighted by Crippen LogP contribution is 2.23. The maximum Gasteiger partial charge on any atom is 0.189 e. The fraction of sp³-hybridized carbons (Fsp3) is 0.125. The van der Waals surface area contributed by atoms with Gasteiger partial charge in [0.15, 0.2) is 6.79 Å². The third kappa shape index (κ3) is 0.866. The lowest BCUT2D eigenvalue weighted by atomic mass is 10.2. The van der Waals surface area contributed by atoms with Crippen molar-refractivity contribution in [3.05, 3.63) is 36.4 Å². The second-order valence-corrected chi connectivity index (χ2v) is 2.08. The zero-order chi connectivity index (χ0) is 6.81. The van der Waals surface area contributed by atoms with E-state index in [-0.39, 0.29) is 0 Å². The van der Waals surface area contributed by atoms with Gasteiger partial charge in [-0.3, -0.25) is 0 Å². The molecule has 0 bridgehead atoms. The number of ether oxygens (including phenoxy) is 2. The van der Waals surface area contributed by atoms with E-state index in [1.807, 2.05) is 24.3 Å². The minimum Gasteiger partial charge on any atom is -0.467 e. The maximum absolute atomic E-state index is 5.17. The lowest BCUT2D eigenvalue weighted by Crippen LogP contribution is -2.08. The van der Waals surface area contributed by atoms with Crippen LogP contribution in [0.25, 0.3) is 0 Å². The molecule has 2 rings (SSSR count). The number of rotatable bonds is 0. The van der Waals surface area contributed by atoms with Gasteiger partial charge in [0.05, 0.1) is 0 Å². The van der Waals surface area contributed by atoms with Gasteiger partial charge in [-0.2, -0.15) is 0 Å². The first kappa shape index (κ1) is 5.74. The van der Waals surface area contributed by atoms with Gasteiger partial charge < -0.3 is 9.47 Å². The molecular weight excluding hydrogens is 128 g/mol. The molecule has 0 saturated heterocycles. The van der Waals surface area contributed by atoms with E-state index in [4.69, 9.17) is 9.47 Å². The molecule has 2 heteroatoms. The number of hydrogen-bond acceptors (Lipinski definition) is 2. The third-order valence-corrected chi connectivity index (χ3v) is 1.41. The molecule has 1 heterocycles. The molecule has 0 amide bonds. The first-order valence-corrected chi connectivity index (χ1v) is 3.13. The average molecular weight is 135 g/mol. The largest absolute Gasteiger partial charge is 0.467 e. The fourth-order valence-electron chi connectivity index (χ4n) is 0.931. The summed E-state index contributed by atoms with van der Waals surface area (Å²) in [4.78, 5) is 0. The standard InChI is InChI=1S/C8H7O2/c1-2-4-8-7(3-1)5-9-6-10-8/h1-5H,6H2. The molecule has 0 N–H and O–H groups in total. The number of para-hydroxylation sites is 1. The average Bonchev–Trinajstić information content (AvgIpc) is 2.05. The van der Waals surface area contributed by atoms with Crippen molar-refractivity contribution < 1.29 is 9.47 Å². The smallest absolute Gasteiger partial charge is 0.189 e. The second-order valence-electron chi connectivity index (χ2n) is 2.08. The van der Waals surface area contributed by atoms with Crippen LogP contribution in [-0.2, 0) is 4.74 Å². The zero-order valence-electron chi connectivity index (χ0n) is 5.41. The van der Waals surface area contributed by atoms with Gasteiger partial charge in [-0.05, 0) is 6.07 Å². The van der Waals surface area contributed by atoms with Crippen LogP contribution in [0.3, 0.4) is 0 Å². The normalized spacial score (nSPS) is 15.6. The highest BCUT2D eigenvalue weighted by molar-refractivity contribution is 5.37. The Hall–Kier alpha value is -1.02. The summed E-state index contributed by atoms with van der Waals surface area (Å²) >= 11 is 0. The molecule has 0 aromatic heterocycles. The van der Waals surface area contributed by atoms with E-state index >= 15 is 0 Å². The van der Waals surface area contributed by atoms with Crippen molar-refractivity contribution in [1.82, 2.24) is 0 Å². The Kier molecular flexibility index (Phi) is 1.32. The molecule has 0 saturated carbocycles. The van der Waals surface area contributed by atoms with Crippen LogP contribution in [-0.4, -0.2) is 6.79 Å². The Labute approximate surface area is 59.4 Å². The van der Waals surface area contributed by atoms with E-state index in [9.17, 15) is 0 Å². The molecule has 0 aliphatic carbocycles. The summed E-state index contributed by atoms with van der Waals surface area (Å²) in [6.45, 7) is 2.04. The van der Waals surface area contributed by atoms with Crippen molar-refractivity contribution in [3.63, 3.8) is 0 Å². The van der Waals surface area contributed by atoms with E-state index in [0.717, 1.165) is 11.3 Å². The van der Waals surface area contributed by atoms with Gasteiger partial charge in [0.25, 0.3) is 0 Å². The van der Waals surface area contributed by atoms with Crippen molar-refractivity contribution in [1.29, 1.82) is 0 Å². The van der Waals surface area contributed by atoms with E-state index in [1.165, 1.54) is 0 Å². The Morgan fingerprint density at radius 3 is 3.00 bits per heavy atom. The Balaban J connectivity index is 2.41. The molecule has 0 spiro atoms. The second kappa shape index (κ2) is 2.31. The van der Waals surface area contributed by atoms with E-state index < -0.39 is 0 Å². The highest BCUT2D eigenvalue weighted by atomic mass is 16.7. The summed E-state index contributed by atoms with van der Waals surface area (Å²) in [5.74, 6) is 0.897. The molecule has 0 unspecified atom stereocenters. The summed E-state index contributed by atoms with van der Waals surface area (Å²) in [7, 11) is 0. The number of fused-ring (bicyclic) bond motifs is 1. The van der Waals surface area contributed by atoms with Crippen molar-refractivity contribution in [2.75, 3.05) is 6.79 Å². The van der Waals surface area contributed by atoms with E-state index in [2.05, 4.69) is 0 Å². The quantitative estimate of drug-likeness (QED) is 0.537. The Bertz CT molecular complexity index is 207. The first-order valence-electron chi connectivity index (χ1n) is 3.13. The van der Waals surface area contributed by atoms with Gasteiger partial charge in [-0.15, -0.1) is 0 Å². The van der Waals surface area contributed by atoms with Crippen molar-refractivity contribution in [2.24, 2.45) is 0 Å². The molecule has 0 fully saturated rings. The van der Waals surface area contributed by atoms with Crippen molar-refractivity contribution in [3.8, 4) is 5.75 Å². The lowest BCUT2D eigenvalue weighted by Gasteiger charge is -2.15. The summed E-state index contributed by atoms with van der Waals surface area (Å²) in [5.41, 5.74) is 1.01. The van der Waals surface area contributed by atoms with Crippen LogP contribution in [0.15, 0.2) is 24.3 Å². The molecule has 0 atom stereocenters.